The molecule has 4 nitrogen and oxygen atoms in total. The summed E-state index contributed by atoms with van der Waals surface area (Å²) < 4.78 is 26.3. The molecule has 2 aromatic heterocycles. The van der Waals surface area contributed by atoms with Gasteiger partial charge in [0.15, 0.2) is 0 Å². The molecule has 0 aliphatic carbocycles. The third-order valence-corrected chi connectivity index (χ3v) is 6.17. The molecule has 0 aromatic carbocycles. The first-order valence-corrected chi connectivity index (χ1v) is 8.58. The van der Waals surface area contributed by atoms with Crippen molar-refractivity contribution in [3.8, 4) is 0 Å². The van der Waals surface area contributed by atoms with Gasteiger partial charge < -0.3 is 5.11 Å². The van der Waals surface area contributed by atoms with E-state index < -0.39 is 16.1 Å². The van der Waals surface area contributed by atoms with Crippen LogP contribution in [-0.4, -0.2) is 20.1 Å². The Balaban J connectivity index is 1.86. The van der Waals surface area contributed by atoms with E-state index in [9.17, 15) is 13.5 Å². The first kappa shape index (κ1) is 13.7. The Morgan fingerprint density at radius 2 is 1.94 bits per heavy atom. The Labute approximate surface area is 114 Å². The highest BCUT2D eigenvalue weighted by molar-refractivity contribution is 7.91. The maximum Gasteiger partial charge on any atom is 0.250 e. The van der Waals surface area contributed by atoms with Crippen LogP contribution < -0.4 is 4.72 Å². The average Bonchev–Trinajstić information content (AvgIpc) is 3.02. The monoisotopic (exact) mass is 303 g/mol. The Bertz CT molecular complexity index is 561. The Morgan fingerprint density at radius 3 is 2.56 bits per heavy atom. The molecule has 98 valence electrons. The van der Waals surface area contributed by atoms with Crippen molar-refractivity contribution >= 4 is 32.7 Å². The van der Waals surface area contributed by atoms with Gasteiger partial charge in [-0.25, -0.2) is 13.1 Å². The normalized spacial score (nSPS) is 13.6. The van der Waals surface area contributed by atoms with E-state index in [0.29, 0.717) is 10.6 Å². The van der Waals surface area contributed by atoms with Crippen LogP contribution in [0.4, 0.5) is 0 Å². The first-order chi connectivity index (χ1) is 8.59. The first-order valence-electron chi connectivity index (χ1n) is 5.34. The van der Waals surface area contributed by atoms with Crippen LogP contribution in [0.15, 0.2) is 39.2 Å². The molecule has 2 heterocycles. The highest BCUT2D eigenvalue weighted by Crippen LogP contribution is 2.21. The topological polar surface area (TPSA) is 66.4 Å². The van der Waals surface area contributed by atoms with Crippen molar-refractivity contribution in [2.75, 3.05) is 6.54 Å². The fourth-order valence-corrected chi connectivity index (χ4v) is 4.27. The molecule has 18 heavy (non-hydrogen) atoms. The molecule has 0 bridgehead atoms. The van der Waals surface area contributed by atoms with Gasteiger partial charge in [0.25, 0.3) is 0 Å². The molecule has 2 aromatic rings. The van der Waals surface area contributed by atoms with Gasteiger partial charge in [0.05, 0.1) is 6.10 Å². The minimum Gasteiger partial charge on any atom is -0.388 e. The molecule has 0 fully saturated rings. The standard InChI is InChI=1S/C11H13NO3S3/c13-9(10-3-1-7-16-10)5-6-12-18(14,15)11-4-2-8-17-11/h1-4,7-9,12-13H,5-6H2/t9-/m1/s1. The zero-order valence-electron chi connectivity index (χ0n) is 9.44. The number of aliphatic hydroxyl groups is 1. The number of nitrogens with one attached hydrogen (secondary N) is 1. The quantitative estimate of drug-likeness (QED) is 0.860. The van der Waals surface area contributed by atoms with E-state index in [1.165, 1.54) is 22.7 Å². The fraction of sp³-hybridized carbons (Fsp3) is 0.273. The summed E-state index contributed by atoms with van der Waals surface area (Å²) in [6, 6.07) is 6.95. The molecule has 0 unspecified atom stereocenters. The lowest BCUT2D eigenvalue weighted by Gasteiger charge is -2.09. The van der Waals surface area contributed by atoms with Crippen molar-refractivity contribution in [3.05, 3.63) is 39.9 Å². The Hall–Kier alpha value is -0.730. The van der Waals surface area contributed by atoms with Gasteiger partial charge in [-0.2, -0.15) is 0 Å². The molecule has 0 amide bonds. The SMILES string of the molecule is O=S(=O)(NCC[C@@H](O)c1cccs1)c1cccs1. The van der Waals surface area contributed by atoms with Gasteiger partial charge in [0.1, 0.15) is 4.21 Å². The summed E-state index contributed by atoms with van der Waals surface area (Å²) in [4.78, 5) is 0.852. The van der Waals surface area contributed by atoms with Crippen LogP contribution in [0.25, 0.3) is 0 Å². The highest BCUT2D eigenvalue weighted by Gasteiger charge is 2.15. The minimum absolute atomic E-state index is 0.222. The molecular formula is C11H13NO3S3. The lowest BCUT2D eigenvalue weighted by molar-refractivity contribution is 0.173. The van der Waals surface area contributed by atoms with Crippen molar-refractivity contribution in [2.24, 2.45) is 0 Å². The average molecular weight is 303 g/mol. The predicted octanol–water partition coefficient (Wildman–Crippen LogP) is 2.21. The fourth-order valence-electron chi connectivity index (χ4n) is 1.44. The molecule has 0 saturated heterocycles. The van der Waals surface area contributed by atoms with Crippen molar-refractivity contribution < 1.29 is 13.5 Å². The lowest BCUT2D eigenvalue weighted by Crippen LogP contribution is -2.25. The summed E-state index contributed by atoms with van der Waals surface area (Å²) in [5, 5.41) is 13.4. The zero-order chi connectivity index (χ0) is 13.0. The summed E-state index contributed by atoms with van der Waals surface area (Å²) in [5.41, 5.74) is 0. The van der Waals surface area contributed by atoms with Crippen LogP contribution in [0.3, 0.4) is 0 Å². The highest BCUT2D eigenvalue weighted by atomic mass is 32.2. The number of rotatable bonds is 6. The van der Waals surface area contributed by atoms with Gasteiger partial charge in [0, 0.05) is 11.4 Å². The molecule has 0 aliphatic rings. The number of aliphatic hydroxyl groups excluding tert-OH is 1. The largest absolute Gasteiger partial charge is 0.388 e. The summed E-state index contributed by atoms with van der Waals surface area (Å²) in [6.07, 6.45) is -0.249. The van der Waals surface area contributed by atoms with Crippen molar-refractivity contribution in [1.29, 1.82) is 0 Å². The van der Waals surface area contributed by atoms with E-state index in [1.54, 1.807) is 17.5 Å². The van der Waals surface area contributed by atoms with E-state index in [4.69, 9.17) is 0 Å². The smallest absolute Gasteiger partial charge is 0.250 e. The third kappa shape index (κ3) is 3.39. The van der Waals surface area contributed by atoms with Gasteiger partial charge in [-0.3, -0.25) is 0 Å². The van der Waals surface area contributed by atoms with Crippen LogP contribution in [0.2, 0.25) is 0 Å². The second-order valence-corrected chi connectivity index (χ2v) is 7.57. The molecule has 2 N–H and O–H groups in total. The van der Waals surface area contributed by atoms with E-state index in [0.717, 1.165) is 4.88 Å². The second-order valence-electron chi connectivity index (χ2n) is 3.65. The molecule has 0 aliphatic heterocycles. The number of thiophene rings is 2. The summed E-state index contributed by atoms with van der Waals surface area (Å²) >= 11 is 2.64. The van der Waals surface area contributed by atoms with Gasteiger partial charge in [-0.15, -0.1) is 22.7 Å². The molecule has 1 atom stereocenters. The Morgan fingerprint density at radius 1 is 1.22 bits per heavy atom. The summed E-state index contributed by atoms with van der Waals surface area (Å²) in [7, 11) is -3.42. The van der Waals surface area contributed by atoms with Crippen molar-refractivity contribution in [2.45, 2.75) is 16.7 Å². The maximum atomic E-state index is 11.8. The molecule has 0 saturated carbocycles. The molecule has 0 spiro atoms. The van der Waals surface area contributed by atoms with Crippen molar-refractivity contribution in [1.82, 2.24) is 4.72 Å². The van der Waals surface area contributed by atoms with Crippen LogP contribution in [0.1, 0.15) is 17.4 Å². The molecule has 0 radical (unpaired) electrons. The molecule has 7 heteroatoms. The third-order valence-electron chi connectivity index (χ3n) is 2.34. The van der Waals surface area contributed by atoms with E-state index in [-0.39, 0.29) is 6.54 Å². The molecular weight excluding hydrogens is 290 g/mol. The minimum atomic E-state index is -3.42. The van der Waals surface area contributed by atoms with Gasteiger partial charge in [-0.1, -0.05) is 12.1 Å². The van der Waals surface area contributed by atoms with E-state index in [1.807, 2.05) is 17.5 Å². The van der Waals surface area contributed by atoms with Gasteiger partial charge in [0.2, 0.25) is 10.0 Å². The second kappa shape index (κ2) is 5.94. The summed E-state index contributed by atoms with van der Waals surface area (Å²) in [6.45, 7) is 0.222. The van der Waals surface area contributed by atoms with Crippen LogP contribution in [-0.2, 0) is 10.0 Å². The van der Waals surface area contributed by atoms with Crippen LogP contribution in [0.5, 0.6) is 0 Å². The van der Waals surface area contributed by atoms with E-state index >= 15 is 0 Å². The maximum absolute atomic E-state index is 11.8. The van der Waals surface area contributed by atoms with Crippen molar-refractivity contribution in [3.63, 3.8) is 0 Å². The van der Waals surface area contributed by atoms with E-state index in [2.05, 4.69) is 4.72 Å². The Kier molecular flexibility index (Phi) is 4.52. The predicted molar refractivity (Wildman–Crippen MR) is 73.4 cm³/mol. The number of sulfonamides is 1. The molecule has 2 rings (SSSR count). The van der Waals surface area contributed by atoms with Crippen LogP contribution in [0, 0.1) is 0 Å². The van der Waals surface area contributed by atoms with Gasteiger partial charge in [-0.05, 0) is 29.3 Å². The lowest BCUT2D eigenvalue weighted by atomic mass is 10.2. The zero-order valence-corrected chi connectivity index (χ0v) is 11.9. The van der Waals surface area contributed by atoms with Crippen LogP contribution >= 0.6 is 22.7 Å². The van der Waals surface area contributed by atoms with Gasteiger partial charge >= 0.3 is 0 Å². The number of hydrogen-bond acceptors (Lipinski definition) is 5. The number of hydrogen-bond donors (Lipinski definition) is 2. The summed E-state index contributed by atoms with van der Waals surface area (Å²) in [5.74, 6) is 0.